The number of carbonyl (C=O) groups is 3. The van der Waals surface area contributed by atoms with Crippen molar-refractivity contribution in [1.82, 2.24) is 0 Å². The first-order valence-corrected chi connectivity index (χ1v) is 8.51. The summed E-state index contributed by atoms with van der Waals surface area (Å²) in [7, 11) is 1.25. The lowest BCUT2D eigenvalue weighted by atomic mass is 9.98. The molecule has 1 unspecified atom stereocenters. The lowest BCUT2D eigenvalue weighted by Gasteiger charge is -2.13. The summed E-state index contributed by atoms with van der Waals surface area (Å²) in [5, 5.41) is 12.0. The van der Waals surface area contributed by atoms with Crippen LogP contribution < -0.4 is 5.32 Å². The van der Waals surface area contributed by atoms with Gasteiger partial charge < -0.3 is 10.1 Å². The number of rotatable bonds is 6. The Morgan fingerprint density at radius 1 is 1.19 bits per heavy atom. The molecule has 0 heterocycles. The van der Waals surface area contributed by atoms with Crippen molar-refractivity contribution in [3.05, 3.63) is 53.1 Å². The summed E-state index contributed by atoms with van der Waals surface area (Å²) in [6.45, 7) is 1.58. The number of nitrogens with zero attached hydrogens (tertiary/aromatic N) is 1. The fraction of sp³-hybridized carbons (Fsp3) is 0.200. The van der Waals surface area contributed by atoms with E-state index in [1.165, 1.54) is 13.2 Å². The number of hydrogen-bond donors (Lipinski definition) is 1. The molecule has 6 nitrogen and oxygen atoms in total. The van der Waals surface area contributed by atoms with Gasteiger partial charge in [-0.1, -0.05) is 42.8 Å². The van der Waals surface area contributed by atoms with E-state index in [9.17, 15) is 14.4 Å². The van der Waals surface area contributed by atoms with E-state index < -0.39 is 23.6 Å². The number of Topliss-reactive ketones (excluding diaryl/α,β-unsaturated/α-hetero) is 1. The fourth-order valence-corrected chi connectivity index (χ4v) is 2.75. The Balaban J connectivity index is 2.43. The number of nitriles is 1. The van der Waals surface area contributed by atoms with Crippen LogP contribution in [0.5, 0.6) is 0 Å². The second kappa shape index (κ2) is 8.97. The van der Waals surface area contributed by atoms with Gasteiger partial charge in [-0.05, 0) is 23.8 Å². The molecule has 1 atom stereocenters. The largest absolute Gasteiger partial charge is 0.465 e. The molecular weight excluding hydrogens is 368 g/mol. The Morgan fingerprint density at radius 2 is 1.89 bits per heavy atom. The van der Waals surface area contributed by atoms with E-state index in [2.05, 4.69) is 5.32 Å². The summed E-state index contributed by atoms with van der Waals surface area (Å²) in [6.07, 6.45) is 0.0739. The number of nitrogens with one attached hydrogen (secondary N) is 1. The van der Waals surface area contributed by atoms with E-state index in [0.29, 0.717) is 16.1 Å². The van der Waals surface area contributed by atoms with E-state index in [0.717, 1.165) is 0 Å². The van der Waals surface area contributed by atoms with Crippen LogP contribution in [-0.4, -0.2) is 24.8 Å². The highest BCUT2D eigenvalue weighted by Gasteiger charge is 2.25. The molecule has 0 spiro atoms. The average Bonchev–Trinajstić information content (AvgIpc) is 2.68. The van der Waals surface area contributed by atoms with Crippen molar-refractivity contribution in [2.75, 3.05) is 12.4 Å². The minimum absolute atomic E-state index is 0.0739. The third-order valence-electron chi connectivity index (χ3n) is 3.92. The molecule has 0 aliphatic rings. The average molecular weight is 385 g/mol. The Morgan fingerprint density at radius 3 is 2.48 bits per heavy atom. The van der Waals surface area contributed by atoms with Gasteiger partial charge in [0.1, 0.15) is 0 Å². The van der Waals surface area contributed by atoms with Gasteiger partial charge in [0.05, 0.1) is 18.7 Å². The molecule has 1 amide bonds. The van der Waals surface area contributed by atoms with Crippen molar-refractivity contribution in [1.29, 1.82) is 5.26 Å². The van der Waals surface area contributed by atoms with Crippen LogP contribution in [0.3, 0.4) is 0 Å². The van der Waals surface area contributed by atoms with E-state index >= 15 is 0 Å². The standard InChI is InChI=1S/C20H17ClN2O4/c1-3-18(24)16(11-22)19(25)23-12-8-9-13(15(10-12)20(26)27-2)14-6-4-5-7-17(14)21/h4-10,16H,3H2,1-2H3,(H,23,25). The molecule has 2 rings (SSSR count). The summed E-state index contributed by atoms with van der Waals surface area (Å²) in [6, 6.07) is 13.3. The predicted octanol–water partition coefficient (Wildman–Crippen LogP) is 3.85. The molecule has 0 aliphatic heterocycles. The highest BCUT2D eigenvalue weighted by Crippen LogP contribution is 2.32. The van der Waals surface area contributed by atoms with Crippen molar-refractivity contribution in [2.45, 2.75) is 13.3 Å². The maximum Gasteiger partial charge on any atom is 0.338 e. The number of ketones is 1. The highest BCUT2D eigenvalue weighted by molar-refractivity contribution is 6.33. The van der Waals surface area contributed by atoms with Gasteiger partial charge in [-0.15, -0.1) is 0 Å². The third-order valence-corrected chi connectivity index (χ3v) is 4.25. The fourth-order valence-electron chi connectivity index (χ4n) is 2.51. The molecule has 1 N–H and O–H groups in total. The van der Waals surface area contributed by atoms with Crippen LogP contribution in [0.15, 0.2) is 42.5 Å². The van der Waals surface area contributed by atoms with Crippen LogP contribution in [0.2, 0.25) is 5.02 Å². The zero-order valence-corrected chi connectivity index (χ0v) is 15.5. The van der Waals surface area contributed by atoms with E-state index in [1.807, 2.05) is 0 Å². The van der Waals surface area contributed by atoms with Crippen molar-refractivity contribution < 1.29 is 19.1 Å². The second-order valence-corrected chi connectivity index (χ2v) is 6.01. The van der Waals surface area contributed by atoms with Gasteiger partial charge in [-0.25, -0.2) is 4.79 Å². The molecule has 0 saturated carbocycles. The number of benzene rings is 2. The normalized spacial score (nSPS) is 11.2. The molecule has 0 saturated heterocycles. The SMILES string of the molecule is CCC(=O)C(C#N)C(=O)Nc1ccc(-c2ccccc2Cl)c(C(=O)OC)c1. The number of methoxy groups -OCH3 is 1. The van der Waals surface area contributed by atoms with E-state index in [1.54, 1.807) is 49.4 Å². The quantitative estimate of drug-likeness (QED) is 0.602. The number of ether oxygens (including phenoxy) is 1. The van der Waals surface area contributed by atoms with Gasteiger partial charge in [0.15, 0.2) is 11.7 Å². The Labute approximate surface area is 161 Å². The first kappa shape index (κ1) is 20.1. The number of carbonyl (C=O) groups excluding carboxylic acids is 3. The molecule has 2 aromatic rings. The molecule has 7 heteroatoms. The number of esters is 1. The summed E-state index contributed by atoms with van der Waals surface area (Å²) in [5.41, 5.74) is 1.62. The molecule has 0 aromatic heterocycles. The van der Waals surface area contributed by atoms with Crippen LogP contribution in [0.1, 0.15) is 23.7 Å². The summed E-state index contributed by atoms with van der Waals surface area (Å²) < 4.78 is 4.82. The minimum Gasteiger partial charge on any atom is -0.465 e. The molecular formula is C20H17ClN2O4. The van der Waals surface area contributed by atoms with Gasteiger partial charge in [-0.2, -0.15) is 5.26 Å². The maximum absolute atomic E-state index is 12.2. The number of anilines is 1. The molecule has 0 radical (unpaired) electrons. The van der Waals surface area contributed by atoms with Crippen LogP contribution in [-0.2, 0) is 14.3 Å². The van der Waals surface area contributed by atoms with Crippen molar-refractivity contribution in [3.8, 4) is 17.2 Å². The van der Waals surface area contributed by atoms with Crippen LogP contribution in [0, 0.1) is 17.2 Å². The number of hydrogen-bond acceptors (Lipinski definition) is 5. The van der Waals surface area contributed by atoms with Crippen LogP contribution in [0.25, 0.3) is 11.1 Å². The predicted molar refractivity (Wildman–Crippen MR) is 101 cm³/mol. The smallest absolute Gasteiger partial charge is 0.338 e. The summed E-state index contributed by atoms with van der Waals surface area (Å²) >= 11 is 6.22. The maximum atomic E-state index is 12.2. The summed E-state index contributed by atoms with van der Waals surface area (Å²) in [4.78, 5) is 36.1. The lowest BCUT2D eigenvalue weighted by molar-refractivity contribution is -0.128. The Kier molecular flexibility index (Phi) is 6.69. The molecule has 138 valence electrons. The number of amides is 1. The molecule has 0 fully saturated rings. The lowest BCUT2D eigenvalue weighted by Crippen LogP contribution is -2.28. The third kappa shape index (κ3) is 4.52. The van der Waals surface area contributed by atoms with Gasteiger partial charge in [0, 0.05) is 22.7 Å². The second-order valence-electron chi connectivity index (χ2n) is 5.60. The highest BCUT2D eigenvalue weighted by atomic mass is 35.5. The van der Waals surface area contributed by atoms with Crippen LogP contribution >= 0.6 is 11.6 Å². The van der Waals surface area contributed by atoms with Crippen molar-refractivity contribution >= 4 is 34.9 Å². The molecule has 0 bridgehead atoms. The number of halogens is 1. The van der Waals surface area contributed by atoms with E-state index in [-0.39, 0.29) is 17.7 Å². The van der Waals surface area contributed by atoms with E-state index in [4.69, 9.17) is 21.6 Å². The Hall–Kier alpha value is -3.17. The monoisotopic (exact) mass is 384 g/mol. The zero-order chi connectivity index (χ0) is 20.0. The molecule has 27 heavy (non-hydrogen) atoms. The van der Waals surface area contributed by atoms with Gasteiger partial charge in [0.2, 0.25) is 5.91 Å². The van der Waals surface area contributed by atoms with Crippen molar-refractivity contribution in [3.63, 3.8) is 0 Å². The summed E-state index contributed by atoms with van der Waals surface area (Å²) in [5.74, 6) is -3.23. The molecule has 0 aliphatic carbocycles. The first-order valence-electron chi connectivity index (χ1n) is 8.13. The van der Waals surface area contributed by atoms with Crippen LogP contribution in [0.4, 0.5) is 5.69 Å². The first-order chi connectivity index (χ1) is 12.9. The molecule has 2 aromatic carbocycles. The van der Waals surface area contributed by atoms with Gasteiger partial charge in [-0.3, -0.25) is 9.59 Å². The Bertz CT molecular complexity index is 934. The van der Waals surface area contributed by atoms with Gasteiger partial charge in [0.25, 0.3) is 0 Å². The topological polar surface area (TPSA) is 96.3 Å². The minimum atomic E-state index is -1.40. The van der Waals surface area contributed by atoms with Gasteiger partial charge >= 0.3 is 5.97 Å². The zero-order valence-electron chi connectivity index (χ0n) is 14.8. The van der Waals surface area contributed by atoms with Crippen molar-refractivity contribution in [2.24, 2.45) is 5.92 Å².